The summed E-state index contributed by atoms with van der Waals surface area (Å²) in [5, 5.41) is 2.61. The van der Waals surface area contributed by atoms with Crippen LogP contribution in [-0.4, -0.2) is 28.8 Å². The van der Waals surface area contributed by atoms with Crippen molar-refractivity contribution in [1.82, 2.24) is 4.57 Å². The fourth-order valence-electron chi connectivity index (χ4n) is 1.90. The number of hydrogen-bond acceptors (Lipinski definition) is 4. The lowest BCUT2D eigenvalue weighted by molar-refractivity contribution is -0.114. The molecule has 2 rings (SSSR count). The van der Waals surface area contributed by atoms with Crippen LogP contribution in [0.3, 0.4) is 0 Å². The molecule has 1 N–H and O–H groups in total. The first-order valence-corrected chi connectivity index (χ1v) is 6.66. The Hall–Kier alpha value is -2.89. The maximum Gasteiger partial charge on any atom is 0.355 e. The summed E-state index contributed by atoms with van der Waals surface area (Å²) in [6, 6.07) is 9.73. The molecular formula is C16H16N2O4. The molecule has 1 aromatic carbocycles. The zero-order valence-corrected chi connectivity index (χ0v) is 12.3. The van der Waals surface area contributed by atoms with Crippen molar-refractivity contribution in [3.63, 3.8) is 0 Å². The minimum atomic E-state index is -0.546. The van der Waals surface area contributed by atoms with Crippen LogP contribution >= 0.6 is 0 Å². The van der Waals surface area contributed by atoms with E-state index < -0.39 is 5.97 Å². The van der Waals surface area contributed by atoms with Gasteiger partial charge in [0.2, 0.25) is 5.91 Å². The number of anilines is 1. The van der Waals surface area contributed by atoms with Gasteiger partial charge in [-0.3, -0.25) is 9.59 Å². The predicted molar refractivity (Wildman–Crippen MR) is 80.8 cm³/mol. The summed E-state index contributed by atoms with van der Waals surface area (Å²) in [7, 11) is 1.72. The smallest absolute Gasteiger partial charge is 0.355 e. The molecule has 0 bridgehead atoms. The number of benzene rings is 1. The maximum atomic E-state index is 12.0. The standard InChI is InChI=1S/C16H16N2O4/c1-11(19)17-13-7-5-12(6-8-13)15(20)10-22-16(21)14-4-3-9-18(14)2/h3-9H,10H2,1-2H3,(H,17,19). The molecule has 0 aliphatic carbocycles. The number of nitrogens with zero attached hydrogens (tertiary/aromatic N) is 1. The van der Waals surface area contributed by atoms with Gasteiger partial charge >= 0.3 is 5.97 Å². The largest absolute Gasteiger partial charge is 0.453 e. The van der Waals surface area contributed by atoms with Crippen molar-refractivity contribution in [2.75, 3.05) is 11.9 Å². The van der Waals surface area contributed by atoms with Crippen molar-refractivity contribution in [3.05, 3.63) is 53.9 Å². The first kappa shape index (κ1) is 15.5. The number of carbonyl (C=O) groups excluding carboxylic acids is 3. The minimum Gasteiger partial charge on any atom is -0.453 e. The van der Waals surface area contributed by atoms with Crippen LogP contribution < -0.4 is 5.32 Å². The first-order valence-electron chi connectivity index (χ1n) is 6.66. The molecule has 1 aromatic heterocycles. The molecule has 22 heavy (non-hydrogen) atoms. The molecule has 1 heterocycles. The summed E-state index contributed by atoms with van der Waals surface area (Å²) in [5.74, 6) is -1.04. The van der Waals surface area contributed by atoms with E-state index in [1.165, 1.54) is 6.92 Å². The second-order valence-corrected chi connectivity index (χ2v) is 4.76. The topological polar surface area (TPSA) is 77.4 Å². The Morgan fingerprint density at radius 1 is 1.14 bits per heavy atom. The van der Waals surface area contributed by atoms with E-state index in [-0.39, 0.29) is 18.3 Å². The molecule has 114 valence electrons. The van der Waals surface area contributed by atoms with E-state index in [4.69, 9.17) is 4.74 Å². The van der Waals surface area contributed by atoms with E-state index in [1.54, 1.807) is 54.2 Å². The van der Waals surface area contributed by atoms with Gasteiger partial charge in [-0.05, 0) is 36.4 Å². The third-order valence-electron chi connectivity index (χ3n) is 3.01. The van der Waals surface area contributed by atoms with Crippen LogP contribution in [0.5, 0.6) is 0 Å². The van der Waals surface area contributed by atoms with Crippen molar-refractivity contribution >= 4 is 23.3 Å². The van der Waals surface area contributed by atoms with Crippen LogP contribution in [0.2, 0.25) is 0 Å². The Kier molecular flexibility index (Phi) is 4.73. The summed E-state index contributed by atoms with van der Waals surface area (Å²) < 4.78 is 6.62. The molecule has 0 radical (unpaired) electrons. The van der Waals surface area contributed by atoms with Crippen LogP contribution in [0.1, 0.15) is 27.8 Å². The lowest BCUT2D eigenvalue weighted by Gasteiger charge is -2.06. The number of esters is 1. The number of nitrogens with one attached hydrogen (secondary N) is 1. The summed E-state index contributed by atoms with van der Waals surface area (Å²) in [5.41, 5.74) is 1.40. The van der Waals surface area contributed by atoms with E-state index in [1.807, 2.05) is 0 Å². The fraction of sp³-hybridized carbons (Fsp3) is 0.188. The van der Waals surface area contributed by atoms with Crippen molar-refractivity contribution in [3.8, 4) is 0 Å². The molecule has 0 atom stereocenters. The highest BCUT2D eigenvalue weighted by Crippen LogP contribution is 2.10. The van der Waals surface area contributed by atoms with Crippen LogP contribution in [0.25, 0.3) is 0 Å². The average molecular weight is 300 g/mol. The number of ether oxygens (including phenoxy) is 1. The zero-order valence-electron chi connectivity index (χ0n) is 12.3. The Morgan fingerprint density at radius 3 is 2.36 bits per heavy atom. The van der Waals surface area contributed by atoms with E-state index in [2.05, 4.69) is 5.32 Å². The van der Waals surface area contributed by atoms with Crippen LogP contribution in [-0.2, 0) is 16.6 Å². The van der Waals surface area contributed by atoms with Crippen LogP contribution in [0.15, 0.2) is 42.6 Å². The van der Waals surface area contributed by atoms with Gasteiger partial charge in [0.05, 0.1) is 0 Å². The number of rotatable bonds is 5. The van der Waals surface area contributed by atoms with Gasteiger partial charge in [-0.15, -0.1) is 0 Å². The third kappa shape index (κ3) is 3.82. The highest BCUT2D eigenvalue weighted by Gasteiger charge is 2.13. The molecule has 0 spiro atoms. The van der Waals surface area contributed by atoms with Gasteiger partial charge in [0, 0.05) is 31.4 Å². The molecule has 0 saturated carbocycles. The van der Waals surface area contributed by atoms with E-state index >= 15 is 0 Å². The Labute approximate surface area is 127 Å². The third-order valence-corrected chi connectivity index (χ3v) is 3.01. The van der Waals surface area contributed by atoms with Crippen molar-refractivity contribution in [2.45, 2.75) is 6.92 Å². The normalized spacial score (nSPS) is 10.1. The Balaban J connectivity index is 1.93. The number of hydrogen-bond donors (Lipinski definition) is 1. The quantitative estimate of drug-likeness (QED) is 0.677. The number of amides is 1. The molecule has 0 aliphatic heterocycles. The van der Waals surface area contributed by atoms with Gasteiger partial charge in [-0.2, -0.15) is 0 Å². The summed E-state index contributed by atoms with van der Waals surface area (Å²) >= 11 is 0. The first-order chi connectivity index (χ1) is 10.5. The van der Waals surface area contributed by atoms with E-state index in [0.717, 1.165) is 0 Å². The van der Waals surface area contributed by atoms with Crippen LogP contribution in [0.4, 0.5) is 5.69 Å². The van der Waals surface area contributed by atoms with Crippen molar-refractivity contribution in [1.29, 1.82) is 0 Å². The second-order valence-electron chi connectivity index (χ2n) is 4.76. The maximum absolute atomic E-state index is 12.0. The molecule has 0 unspecified atom stereocenters. The highest BCUT2D eigenvalue weighted by molar-refractivity contribution is 5.99. The highest BCUT2D eigenvalue weighted by atomic mass is 16.5. The number of Topliss-reactive ketones (excluding diaryl/α,β-unsaturated/α-hetero) is 1. The fourth-order valence-corrected chi connectivity index (χ4v) is 1.90. The van der Waals surface area contributed by atoms with Crippen molar-refractivity contribution in [2.24, 2.45) is 7.05 Å². The Bertz CT molecular complexity index is 701. The lowest BCUT2D eigenvalue weighted by atomic mass is 10.1. The molecule has 0 fully saturated rings. The average Bonchev–Trinajstić information content (AvgIpc) is 2.91. The predicted octanol–water partition coefficient (Wildman–Crippen LogP) is 2.02. The number of aryl methyl sites for hydroxylation is 1. The van der Waals surface area contributed by atoms with Gasteiger partial charge in [-0.1, -0.05) is 0 Å². The van der Waals surface area contributed by atoms with E-state index in [9.17, 15) is 14.4 Å². The Morgan fingerprint density at radius 2 is 1.82 bits per heavy atom. The SMILES string of the molecule is CC(=O)Nc1ccc(C(=O)COC(=O)c2cccn2C)cc1. The van der Waals surface area contributed by atoms with Gasteiger partial charge in [0.15, 0.2) is 12.4 Å². The molecule has 6 heteroatoms. The van der Waals surface area contributed by atoms with Gasteiger partial charge < -0.3 is 14.6 Å². The second kappa shape index (κ2) is 6.71. The number of carbonyl (C=O) groups is 3. The summed E-state index contributed by atoms with van der Waals surface area (Å²) in [6.07, 6.45) is 1.72. The lowest BCUT2D eigenvalue weighted by Crippen LogP contribution is -2.16. The molecule has 0 saturated heterocycles. The summed E-state index contributed by atoms with van der Waals surface area (Å²) in [4.78, 5) is 34.7. The number of aromatic nitrogens is 1. The molecule has 1 amide bonds. The molecular weight excluding hydrogens is 284 g/mol. The van der Waals surface area contributed by atoms with Gasteiger partial charge in [0.25, 0.3) is 0 Å². The summed E-state index contributed by atoms with van der Waals surface area (Å²) in [6.45, 7) is 1.07. The van der Waals surface area contributed by atoms with Gasteiger partial charge in [-0.25, -0.2) is 4.79 Å². The van der Waals surface area contributed by atoms with Crippen molar-refractivity contribution < 1.29 is 19.1 Å². The molecule has 6 nitrogen and oxygen atoms in total. The molecule has 0 aliphatic rings. The van der Waals surface area contributed by atoms with Crippen LogP contribution in [0, 0.1) is 0 Å². The van der Waals surface area contributed by atoms with E-state index in [0.29, 0.717) is 16.9 Å². The molecule has 2 aromatic rings. The van der Waals surface area contributed by atoms with Gasteiger partial charge in [0.1, 0.15) is 5.69 Å². The zero-order chi connectivity index (χ0) is 16.1. The monoisotopic (exact) mass is 300 g/mol. The number of ketones is 1. The minimum absolute atomic E-state index is 0.185.